The molecular weight excluding hydrogens is 486 g/mol. The van der Waals surface area contributed by atoms with Crippen LogP contribution in [-0.4, -0.2) is 54.6 Å². The van der Waals surface area contributed by atoms with E-state index in [1.807, 2.05) is 31.2 Å². The average Bonchev–Trinajstić information content (AvgIpc) is 2.87. The molecule has 1 aromatic carbocycles. The van der Waals surface area contributed by atoms with E-state index in [2.05, 4.69) is 10.2 Å². The monoisotopic (exact) mass is 523 g/mol. The van der Waals surface area contributed by atoms with Crippen LogP contribution in [0, 0.1) is 23.2 Å². The molecule has 4 bridgehead atoms. The summed E-state index contributed by atoms with van der Waals surface area (Å²) in [5, 5.41) is 4.22. The van der Waals surface area contributed by atoms with Crippen LogP contribution in [0.1, 0.15) is 63.5 Å². The standard InChI is InChI=1S/C29H37N3O4S/c1-18-24(26(33)36-10-9-35-2)25(32-8-3-11-37-28(32)30-18)22-4-6-23(7-5-22)31-27(34)29-15-19-12-20(16-29)14-21(13-19)17-29/h4-7,19-21,25H,3,8-17H2,1-2H3,(H,31,34). The van der Waals surface area contributed by atoms with Gasteiger partial charge in [0.25, 0.3) is 0 Å². The molecule has 0 spiro atoms. The molecular formula is C29H37N3O4S. The van der Waals surface area contributed by atoms with Gasteiger partial charge in [0.05, 0.1) is 29.3 Å². The van der Waals surface area contributed by atoms with E-state index in [0.29, 0.717) is 17.9 Å². The van der Waals surface area contributed by atoms with Crippen molar-refractivity contribution >= 4 is 34.5 Å². The second kappa shape index (κ2) is 10.1. The number of methoxy groups -OCH3 is 1. The van der Waals surface area contributed by atoms with Gasteiger partial charge in [-0.1, -0.05) is 23.9 Å². The normalized spacial score (nSPS) is 32.2. The van der Waals surface area contributed by atoms with Crippen molar-refractivity contribution in [3.05, 3.63) is 41.1 Å². The Labute approximate surface area is 223 Å². The summed E-state index contributed by atoms with van der Waals surface area (Å²) in [5.41, 5.74) is 2.93. The molecule has 37 heavy (non-hydrogen) atoms. The first kappa shape index (κ1) is 25.0. The minimum Gasteiger partial charge on any atom is -0.460 e. The van der Waals surface area contributed by atoms with Crippen molar-refractivity contribution in [2.75, 3.05) is 37.9 Å². The quantitative estimate of drug-likeness (QED) is 0.393. The first-order chi connectivity index (χ1) is 18.0. The SMILES string of the molecule is COCCOC(=O)C1=C(C)N=C2SCCCN2C1c1ccc(NC(=O)C23CC4CC(CC(C4)C2)C3)cc1. The number of carbonyl (C=O) groups excluding carboxylic acids is 2. The fraction of sp³-hybridized carbons (Fsp3) is 0.621. The summed E-state index contributed by atoms with van der Waals surface area (Å²) < 4.78 is 10.6. The van der Waals surface area contributed by atoms with Crippen LogP contribution >= 0.6 is 11.8 Å². The van der Waals surface area contributed by atoms with E-state index >= 15 is 0 Å². The number of ether oxygens (including phenoxy) is 2. The topological polar surface area (TPSA) is 80.2 Å². The van der Waals surface area contributed by atoms with E-state index < -0.39 is 0 Å². The Kier molecular flexibility index (Phi) is 6.82. The highest BCUT2D eigenvalue weighted by atomic mass is 32.2. The number of nitrogens with zero attached hydrogens (tertiary/aromatic N) is 2. The molecule has 1 unspecified atom stereocenters. The van der Waals surface area contributed by atoms with Crippen molar-refractivity contribution in [2.45, 2.75) is 57.9 Å². The molecule has 1 saturated heterocycles. The zero-order chi connectivity index (χ0) is 25.6. The number of benzene rings is 1. The number of anilines is 1. The van der Waals surface area contributed by atoms with Crippen LogP contribution in [0.2, 0.25) is 0 Å². The van der Waals surface area contributed by atoms with Crippen molar-refractivity contribution in [2.24, 2.45) is 28.2 Å². The lowest BCUT2D eigenvalue weighted by atomic mass is 9.49. The third-order valence-corrected chi connectivity index (χ3v) is 10.1. The second-order valence-electron chi connectivity index (χ2n) is 11.6. The van der Waals surface area contributed by atoms with Gasteiger partial charge in [-0.05, 0) is 87.3 Å². The van der Waals surface area contributed by atoms with Gasteiger partial charge in [-0.25, -0.2) is 9.79 Å². The number of amidine groups is 1. The number of fused-ring (bicyclic) bond motifs is 1. The van der Waals surface area contributed by atoms with Gasteiger partial charge in [0.1, 0.15) is 6.61 Å². The van der Waals surface area contributed by atoms with Crippen molar-refractivity contribution in [1.82, 2.24) is 4.90 Å². The summed E-state index contributed by atoms with van der Waals surface area (Å²) in [5.74, 6) is 3.09. The van der Waals surface area contributed by atoms with Crippen molar-refractivity contribution in [3.8, 4) is 0 Å². The Hall–Kier alpha value is -2.32. The molecule has 7 nitrogen and oxygen atoms in total. The molecule has 2 heterocycles. The summed E-state index contributed by atoms with van der Waals surface area (Å²) >= 11 is 1.74. The van der Waals surface area contributed by atoms with Crippen LogP contribution in [0.5, 0.6) is 0 Å². The van der Waals surface area contributed by atoms with Gasteiger partial charge in [0.2, 0.25) is 5.91 Å². The molecule has 198 valence electrons. The largest absolute Gasteiger partial charge is 0.460 e. The van der Waals surface area contributed by atoms with Crippen LogP contribution in [0.4, 0.5) is 5.69 Å². The predicted molar refractivity (Wildman–Crippen MR) is 145 cm³/mol. The lowest BCUT2D eigenvalue weighted by molar-refractivity contribution is -0.141. The first-order valence-electron chi connectivity index (χ1n) is 13.7. The molecule has 6 aliphatic rings. The van der Waals surface area contributed by atoms with Crippen molar-refractivity contribution in [3.63, 3.8) is 0 Å². The van der Waals surface area contributed by atoms with Gasteiger partial charge >= 0.3 is 5.97 Å². The first-order valence-corrected chi connectivity index (χ1v) is 14.7. The minimum atomic E-state index is -0.350. The predicted octanol–water partition coefficient (Wildman–Crippen LogP) is 5.15. The van der Waals surface area contributed by atoms with Gasteiger partial charge < -0.3 is 19.7 Å². The van der Waals surface area contributed by atoms with Gasteiger partial charge in [-0.2, -0.15) is 0 Å². The molecule has 7 rings (SSSR count). The van der Waals surface area contributed by atoms with E-state index in [4.69, 9.17) is 14.5 Å². The molecule has 0 radical (unpaired) electrons. The lowest BCUT2D eigenvalue weighted by Crippen LogP contribution is -2.51. The number of allylic oxidation sites excluding steroid dienone is 1. The number of amides is 1. The number of carbonyl (C=O) groups is 2. The Balaban J connectivity index is 1.22. The van der Waals surface area contributed by atoms with Crippen LogP contribution in [0.3, 0.4) is 0 Å². The van der Waals surface area contributed by atoms with Crippen molar-refractivity contribution in [1.29, 1.82) is 0 Å². The Bertz CT molecular complexity index is 1090. The number of thioether (sulfide) groups is 1. The molecule has 1 aromatic rings. The maximum Gasteiger partial charge on any atom is 0.338 e. The summed E-state index contributed by atoms with van der Waals surface area (Å²) in [4.78, 5) is 33.7. The number of nitrogens with one attached hydrogen (secondary N) is 1. The molecule has 2 aliphatic heterocycles. The average molecular weight is 524 g/mol. The maximum atomic E-state index is 13.5. The Morgan fingerprint density at radius 1 is 1.08 bits per heavy atom. The van der Waals surface area contributed by atoms with E-state index in [-0.39, 0.29) is 29.9 Å². The summed E-state index contributed by atoms with van der Waals surface area (Å²) in [7, 11) is 1.59. The fourth-order valence-electron chi connectivity index (χ4n) is 7.77. The number of aliphatic imine (C=N–C) groups is 1. The second-order valence-corrected chi connectivity index (χ2v) is 12.7. The minimum absolute atomic E-state index is 0.174. The highest BCUT2D eigenvalue weighted by molar-refractivity contribution is 8.13. The number of hydrogen-bond donors (Lipinski definition) is 1. The molecule has 1 atom stereocenters. The highest BCUT2D eigenvalue weighted by Gasteiger charge is 2.54. The van der Waals surface area contributed by atoms with Gasteiger partial charge in [0, 0.05) is 25.1 Å². The highest BCUT2D eigenvalue weighted by Crippen LogP contribution is 2.60. The van der Waals surface area contributed by atoms with Gasteiger partial charge in [-0.15, -0.1) is 0 Å². The summed E-state index contributed by atoms with van der Waals surface area (Å²) in [6.45, 7) is 3.29. The molecule has 5 fully saturated rings. The molecule has 1 amide bonds. The van der Waals surface area contributed by atoms with E-state index in [1.54, 1.807) is 18.9 Å². The molecule has 1 N–H and O–H groups in total. The van der Waals surface area contributed by atoms with Crippen LogP contribution < -0.4 is 5.32 Å². The van der Waals surface area contributed by atoms with Crippen LogP contribution in [0.25, 0.3) is 0 Å². The molecule has 8 heteroatoms. The number of esters is 1. The maximum absolute atomic E-state index is 13.5. The zero-order valence-electron chi connectivity index (χ0n) is 21.8. The molecule has 4 saturated carbocycles. The number of hydrogen-bond acceptors (Lipinski definition) is 7. The van der Waals surface area contributed by atoms with E-state index in [9.17, 15) is 9.59 Å². The van der Waals surface area contributed by atoms with Crippen LogP contribution in [0.15, 0.2) is 40.5 Å². The third kappa shape index (κ3) is 4.71. The Morgan fingerprint density at radius 3 is 2.41 bits per heavy atom. The van der Waals surface area contributed by atoms with Gasteiger partial charge in [0.15, 0.2) is 5.17 Å². The summed E-state index contributed by atoms with van der Waals surface area (Å²) in [6, 6.07) is 7.79. The fourth-order valence-corrected chi connectivity index (χ4v) is 8.79. The lowest BCUT2D eigenvalue weighted by Gasteiger charge is -2.55. The molecule has 4 aliphatic carbocycles. The third-order valence-electron chi connectivity index (χ3n) is 9.00. The van der Waals surface area contributed by atoms with Crippen molar-refractivity contribution < 1.29 is 19.1 Å². The molecule has 0 aromatic heterocycles. The zero-order valence-corrected chi connectivity index (χ0v) is 22.6. The van der Waals surface area contributed by atoms with E-state index in [0.717, 1.165) is 72.2 Å². The Morgan fingerprint density at radius 2 is 1.76 bits per heavy atom. The van der Waals surface area contributed by atoms with E-state index in [1.165, 1.54) is 19.3 Å². The summed E-state index contributed by atoms with van der Waals surface area (Å²) in [6.07, 6.45) is 8.17. The van der Waals surface area contributed by atoms with Gasteiger partial charge in [-0.3, -0.25) is 4.79 Å². The number of rotatable bonds is 7. The smallest absolute Gasteiger partial charge is 0.338 e. The van der Waals surface area contributed by atoms with Crippen LogP contribution in [-0.2, 0) is 19.1 Å².